The van der Waals surface area contributed by atoms with Gasteiger partial charge >= 0.3 is 0 Å². The summed E-state index contributed by atoms with van der Waals surface area (Å²) in [5, 5.41) is 1.89. The van der Waals surface area contributed by atoms with Gasteiger partial charge in [-0.15, -0.1) is 0 Å². The number of fused-ring (bicyclic) bond motifs is 2. The fourth-order valence-corrected chi connectivity index (χ4v) is 4.93. The van der Waals surface area contributed by atoms with Crippen LogP contribution in [0.1, 0.15) is 44.5 Å². The van der Waals surface area contributed by atoms with Crippen LogP contribution < -0.4 is 0 Å². The topological polar surface area (TPSA) is 51.4 Å². The molecular weight excluding hydrogens is 456 g/mol. The highest BCUT2D eigenvalue weighted by atomic mass is 16.2. The number of allylic oxidation sites excluding steroid dienone is 1. The van der Waals surface area contributed by atoms with Crippen molar-refractivity contribution in [1.82, 2.24) is 4.57 Å². The molecule has 0 saturated heterocycles. The van der Waals surface area contributed by atoms with Crippen molar-refractivity contribution in [3.05, 3.63) is 137 Å². The van der Waals surface area contributed by atoms with Crippen LogP contribution in [-0.2, 0) is 0 Å². The standard InChI is InChI=1S/C33H24N2O2/c1-21-17-27(20-30-31(36)28-18-24-13-9-10-14-25(24)19-29(28)32(30)37)35(26-15-7-4-8-16-26)33(21)34-22(2)23-11-5-3-6-12-23/h3-20H,1-2H3/b34-22+. The van der Waals surface area contributed by atoms with E-state index >= 15 is 0 Å². The van der Waals surface area contributed by atoms with E-state index in [4.69, 9.17) is 4.99 Å². The minimum Gasteiger partial charge on any atom is -0.295 e. The maximum Gasteiger partial charge on any atom is 0.197 e. The Balaban J connectivity index is 1.51. The van der Waals surface area contributed by atoms with Crippen molar-refractivity contribution < 1.29 is 9.59 Å². The predicted octanol–water partition coefficient (Wildman–Crippen LogP) is 7.54. The molecule has 1 aliphatic carbocycles. The normalized spacial score (nSPS) is 13.4. The van der Waals surface area contributed by atoms with Crippen LogP contribution in [-0.4, -0.2) is 21.8 Å². The maximum absolute atomic E-state index is 13.4. The van der Waals surface area contributed by atoms with Gasteiger partial charge in [0.25, 0.3) is 0 Å². The Morgan fingerprint density at radius 3 is 1.86 bits per heavy atom. The van der Waals surface area contributed by atoms with E-state index in [-0.39, 0.29) is 17.1 Å². The third-order valence-electron chi connectivity index (χ3n) is 6.82. The van der Waals surface area contributed by atoms with E-state index in [2.05, 4.69) is 0 Å². The molecular formula is C33H24N2O2. The third-order valence-corrected chi connectivity index (χ3v) is 6.82. The smallest absolute Gasteiger partial charge is 0.197 e. The number of para-hydroxylation sites is 1. The summed E-state index contributed by atoms with van der Waals surface area (Å²) in [5.74, 6) is 0.282. The summed E-state index contributed by atoms with van der Waals surface area (Å²) in [7, 11) is 0. The predicted molar refractivity (Wildman–Crippen MR) is 149 cm³/mol. The van der Waals surface area contributed by atoms with Crippen molar-refractivity contribution >= 4 is 39.9 Å². The summed E-state index contributed by atoms with van der Waals surface area (Å²) in [6, 6.07) is 33.3. The lowest BCUT2D eigenvalue weighted by Crippen LogP contribution is -2.03. The van der Waals surface area contributed by atoms with Crippen LogP contribution in [0, 0.1) is 6.92 Å². The Bertz CT molecular complexity index is 1700. The first-order valence-corrected chi connectivity index (χ1v) is 12.2. The molecule has 37 heavy (non-hydrogen) atoms. The number of benzene rings is 4. The average Bonchev–Trinajstić information content (AvgIpc) is 3.36. The van der Waals surface area contributed by atoms with Crippen molar-refractivity contribution in [3.63, 3.8) is 0 Å². The van der Waals surface area contributed by atoms with Crippen molar-refractivity contribution in [2.75, 3.05) is 0 Å². The van der Waals surface area contributed by atoms with Gasteiger partial charge in [0.2, 0.25) is 0 Å². The second-order valence-electron chi connectivity index (χ2n) is 9.27. The highest BCUT2D eigenvalue weighted by molar-refractivity contribution is 6.42. The van der Waals surface area contributed by atoms with Gasteiger partial charge in [-0.3, -0.25) is 14.2 Å². The molecule has 0 bridgehead atoms. The Hall–Kier alpha value is -4.83. The van der Waals surface area contributed by atoms with Gasteiger partial charge in [0, 0.05) is 28.2 Å². The van der Waals surface area contributed by atoms with Crippen LogP contribution in [0.2, 0.25) is 0 Å². The number of rotatable bonds is 4. The van der Waals surface area contributed by atoms with Crippen molar-refractivity contribution in [3.8, 4) is 5.69 Å². The first-order valence-electron chi connectivity index (χ1n) is 12.2. The third kappa shape index (κ3) is 3.93. The highest BCUT2D eigenvalue weighted by Gasteiger charge is 2.34. The number of aromatic nitrogens is 1. The highest BCUT2D eigenvalue weighted by Crippen LogP contribution is 2.35. The van der Waals surface area contributed by atoms with Gasteiger partial charge in [-0.25, -0.2) is 4.99 Å². The molecule has 0 aliphatic heterocycles. The summed E-state index contributed by atoms with van der Waals surface area (Å²) < 4.78 is 2.01. The number of aliphatic imine (C=N–C) groups is 1. The van der Waals surface area contributed by atoms with E-state index in [0.29, 0.717) is 11.1 Å². The lowest BCUT2D eigenvalue weighted by Gasteiger charge is -2.11. The molecule has 0 spiro atoms. The molecule has 4 nitrogen and oxygen atoms in total. The number of nitrogens with zero attached hydrogens (tertiary/aromatic N) is 2. The van der Waals surface area contributed by atoms with Crippen LogP contribution in [0.3, 0.4) is 0 Å². The Kier molecular flexibility index (Phi) is 5.50. The summed E-state index contributed by atoms with van der Waals surface area (Å²) in [5.41, 5.74) is 5.60. The van der Waals surface area contributed by atoms with E-state index in [0.717, 1.165) is 44.8 Å². The van der Waals surface area contributed by atoms with Crippen molar-refractivity contribution in [2.45, 2.75) is 13.8 Å². The lowest BCUT2D eigenvalue weighted by molar-refractivity contribution is 0.0990. The number of aryl methyl sites for hydroxylation is 1. The zero-order valence-corrected chi connectivity index (χ0v) is 20.6. The number of ketones is 2. The zero-order chi connectivity index (χ0) is 25.5. The molecule has 5 aromatic rings. The van der Waals surface area contributed by atoms with E-state index in [9.17, 15) is 9.59 Å². The molecule has 0 amide bonds. The molecule has 0 atom stereocenters. The van der Waals surface area contributed by atoms with Crippen molar-refractivity contribution in [2.24, 2.45) is 4.99 Å². The fourth-order valence-electron chi connectivity index (χ4n) is 4.93. The summed E-state index contributed by atoms with van der Waals surface area (Å²) in [6.07, 6.45) is 1.71. The molecule has 1 aliphatic rings. The lowest BCUT2D eigenvalue weighted by atomic mass is 10.0. The number of hydrogen-bond donors (Lipinski definition) is 0. The molecule has 178 valence electrons. The Labute approximate surface area is 215 Å². The molecule has 4 aromatic carbocycles. The van der Waals surface area contributed by atoms with E-state index in [1.165, 1.54) is 0 Å². The Morgan fingerprint density at radius 1 is 0.730 bits per heavy atom. The number of Topliss-reactive ketones (excluding diaryl/α,β-unsaturated/α-hetero) is 2. The Morgan fingerprint density at radius 2 is 1.27 bits per heavy atom. The number of carbonyl (C=O) groups excluding carboxylic acids is 2. The summed E-state index contributed by atoms with van der Waals surface area (Å²) >= 11 is 0. The monoisotopic (exact) mass is 480 g/mol. The molecule has 0 radical (unpaired) electrons. The number of hydrogen-bond acceptors (Lipinski definition) is 3. The first-order chi connectivity index (χ1) is 18.0. The van der Waals surface area contributed by atoms with Crippen LogP contribution in [0.5, 0.6) is 0 Å². The van der Waals surface area contributed by atoms with Gasteiger partial charge in [0.15, 0.2) is 11.6 Å². The number of carbonyl (C=O) groups is 2. The van der Waals surface area contributed by atoms with Gasteiger partial charge < -0.3 is 0 Å². The van der Waals surface area contributed by atoms with Crippen molar-refractivity contribution in [1.29, 1.82) is 0 Å². The maximum atomic E-state index is 13.4. The summed E-state index contributed by atoms with van der Waals surface area (Å²) in [6.45, 7) is 3.99. The minimum absolute atomic E-state index is 0.176. The SMILES string of the molecule is C/C(=N\c1c(C)cc(C=C2C(=O)c3cc4ccccc4cc3C2=O)n1-c1ccccc1)c1ccccc1. The zero-order valence-electron chi connectivity index (χ0n) is 20.6. The molecule has 1 heterocycles. The summed E-state index contributed by atoms with van der Waals surface area (Å²) in [4.78, 5) is 31.9. The minimum atomic E-state index is -0.241. The van der Waals surface area contributed by atoms with E-state index < -0.39 is 0 Å². The fraction of sp³-hybridized carbons (Fsp3) is 0.0606. The van der Waals surface area contributed by atoms with Gasteiger partial charge in [0.05, 0.1) is 5.57 Å². The quantitative estimate of drug-likeness (QED) is 0.152. The second-order valence-corrected chi connectivity index (χ2v) is 9.27. The van der Waals surface area contributed by atoms with Gasteiger partial charge in [-0.1, -0.05) is 72.8 Å². The molecule has 0 unspecified atom stereocenters. The molecule has 6 rings (SSSR count). The largest absolute Gasteiger partial charge is 0.295 e. The second kappa shape index (κ2) is 8.99. The van der Waals surface area contributed by atoms with Crippen LogP contribution in [0.4, 0.5) is 5.82 Å². The van der Waals surface area contributed by atoms with Crippen LogP contribution >= 0.6 is 0 Å². The van der Waals surface area contributed by atoms with Crippen LogP contribution in [0.25, 0.3) is 22.5 Å². The van der Waals surface area contributed by atoms with Gasteiger partial charge in [-0.2, -0.15) is 0 Å². The molecule has 4 heteroatoms. The molecule has 1 aromatic heterocycles. The molecule has 0 fully saturated rings. The van der Waals surface area contributed by atoms with E-state index in [1.807, 2.05) is 122 Å². The first kappa shape index (κ1) is 22.6. The van der Waals surface area contributed by atoms with Gasteiger partial charge in [0.1, 0.15) is 5.82 Å². The molecule has 0 N–H and O–H groups in total. The average molecular weight is 481 g/mol. The van der Waals surface area contributed by atoms with E-state index in [1.54, 1.807) is 6.08 Å². The van der Waals surface area contributed by atoms with Gasteiger partial charge in [-0.05, 0) is 72.2 Å². The van der Waals surface area contributed by atoms with Crippen LogP contribution in [0.15, 0.2) is 114 Å². The molecule has 0 saturated carbocycles.